The zero-order chi connectivity index (χ0) is 33.0. The Morgan fingerprint density at radius 1 is 0.300 bits per heavy atom. The Labute approximate surface area is 294 Å². The average Bonchev–Trinajstić information content (AvgIpc) is 3.56. The highest BCUT2D eigenvalue weighted by Crippen LogP contribution is 2.46. The molecule has 10 aromatic rings. The van der Waals surface area contributed by atoms with E-state index in [1.54, 1.807) is 0 Å². The van der Waals surface area contributed by atoms with Gasteiger partial charge in [-0.2, -0.15) is 0 Å². The lowest BCUT2D eigenvalue weighted by Gasteiger charge is -2.25. The van der Waals surface area contributed by atoms with Crippen molar-refractivity contribution in [3.05, 3.63) is 188 Å². The van der Waals surface area contributed by atoms with Crippen LogP contribution < -0.4 is 4.90 Å². The largest absolute Gasteiger partial charge is 0.310 e. The Morgan fingerprint density at radius 2 is 0.760 bits per heavy atom. The third-order valence-corrected chi connectivity index (χ3v) is 11.1. The van der Waals surface area contributed by atoms with Gasteiger partial charge in [0.15, 0.2) is 0 Å². The second kappa shape index (κ2) is 11.7. The van der Waals surface area contributed by atoms with Crippen molar-refractivity contribution in [1.82, 2.24) is 0 Å². The third-order valence-electron chi connectivity index (χ3n) is 10.00. The molecule has 0 aliphatic carbocycles. The quantitative estimate of drug-likeness (QED) is 0.167. The lowest BCUT2D eigenvalue weighted by molar-refractivity contribution is 1.29. The molecule has 0 aliphatic rings. The van der Waals surface area contributed by atoms with Crippen LogP contribution in [0.2, 0.25) is 0 Å². The second-order valence-corrected chi connectivity index (χ2v) is 14.0. The van der Waals surface area contributed by atoms with Crippen molar-refractivity contribution in [1.29, 1.82) is 0 Å². The summed E-state index contributed by atoms with van der Waals surface area (Å²) in [6, 6.07) is 68.7. The van der Waals surface area contributed by atoms with Crippen molar-refractivity contribution in [3.8, 4) is 22.3 Å². The van der Waals surface area contributed by atoms with Crippen LogP contribution in [0.25, 0.3) is 74.7 Å². The molecule has 0 N–H and O–H groups in total. The summed E-state index contributed by atoms with van der Waals surface area (Å²) in [4.78, 5) is 2.32. The molecule has 0 bridgehead atoms. The van der Waals surface area contributed by atoms with Crippen LogP contribution in [0.5, 0.6) is 0 Å². The molecule has 1 aromatic heterocycles. The molecular weight excluding hydrogens is 623 g/mol. The molecule has 0 amide bonds. The first-order chi connectivity index (χ1) is 24.8. The molecule has 2 heteroatoms. The van der Waals surface area contributed by atoms with Crippen molar-refractivity contribution in [2.24, 2.45) is 0 Å². The third kappa shape index (κ3) is 4.69. The highest BCUT2D eigenvalue weighted by Gasteiger charge is 2.18. The summed E-state index contributed by atoms with van der Waals surface area (Å²) >= 11 is 1.87. The maximum Gasteiger partial charge on any atom is 0.0468 e. The minimum Gasteiger partial charge on any atom is -0.310 e. The topological polar surface area (TPSA) is 3.24 Å². The van der Waals surface area contributed by atoms with Crippen molar-refractivity contribution < 1.29 is 0 Å². The molecule has 10 rings (SSSR count). The summed E-state index contributed by atoms with van der Waals surface area (Å²) in [6.07, 6.45) is 0. The van der Waals surface area contributed by atoms with Crippen LogP contribution in [0.1, 0.15) is 0 Å². The van der Waals surface area contributed by atoms with E-state index in [4.69, 9.17) is 0 Å². The zero-order valence-corrected chi connectivity index (χ0v) is 28.1. The minimum absolute atomic E-state index is 1.14. The van der Waals surface area contributed by atoms with E-state index in [1.807, 2.05) is 11.3 Å². The predicted molar refractivity (Wildman–Crippen MR) is 217 cm³/mol. The van der Waals surface area contributed by atoms with Gasteiger partial charge in [-0.15, -0.1) is 11.3 Å². The molecule has 50 heavy (non-hydrogen) atoms. The molecule has 0 spiro atoms. The number of rotatable bonds is 5. The van der Waals surface area contributed by atoms with Crippen LogP contribution in [0.15, 0.2) is 188 Å². The van der Waals surface area contributed by atoms with Crippen LogP contribution in [0, 0.1) is 0 Å². The Hall–Kier alpha value is -6.22. The van der Waals surface area contributed by atoms with Crippen molar-refractivity contribution in [2.75, 3.05) is 4.90 Å². The van der Waals surface area contributed by atoms with Crippen LogP contribution in [-0.2, 0) is 0 Å². The van der Waals surface area contributed by atoms with E-state index in [0.717, 1.165) is 17.1 Å². The minimum atomic E-state index is 1.14. The number of para-hydroxylation sites is 2. The van der Waals surface area contributed by atoms with Gasteiger partial charge in [0.1, 0.15) is 0 Å². The maximum atomic E-state index is 2.41. The summed E-state index contributed by atoms with van der Waals surface area (Å²) in [5, 5.41) is 10.2. The van der Waals surface area contributed by atoms with Gasteiger partial charge in [0, 0.05) is 37.2 Å². The highest BCUT2D eigenvalue weighted by molar-refractivity contribution is 7.25. The number of fused-ring (bicyclic) bond motifs is 6. The summed E-state index contributed by atoms with van der Waals surface area (Å²) in [5.41, 5.74) is 8.47. The molecule has 0 saturated heterocycles. The van der Waals surface area contributed by atoms with Gasteiger partial charge >= 0.3 is 0 Å². The molecular formula is C48H31NS. The lowest BCUT2D eigenvalue weighted by Crippen LogP contribution is -2.09. The molecule has 9 aromatic carbocycles. The molecule has 0 aliphatic heterocycles. The zero-order valence-electron chi connectivity index (χ0n) is 27.3. The first-order valence-electron chi connectivity index (χ1n) is 17.1. The number of hydrogen-bond donors (Lipinski definition) is 0. The fourth-order valence-corrected chi connectivity index (χ4v) is 8.85. The molecule has 0 fully saturated rings. The van der Waals surface area contributed by atoms with Gasteiger partial charge in [0.2, 0.25) is 0 Å². The molecule has 0 atom stereocenters. The number of hydrogen-bond acceptors (Lipinski definition) is 2. The summed E-state index contributed by atoms with van der Waals surface area (Å²) < 4.78 is 2.66. The van der Waals surface area contributed by atoms with E-state index in [2.05, 4.69) is 193 Å². The standard InChI is InChI=1S/C48H31NS/c1-3-13-36(14-4-1)49(37-15-5-2-6-16-37)38-27-25-32-29-34(24-23-33(32)30-38)47-40-18-7-9-20-42(40)48(43-21-10-8-19-41(43)47)35-26-28-46-44(31-35)39-17-11-12-22-45(39)50-46/h1-31H. The molecule has 0 saturated carbocycles. The van der Waals surface area contributed by atoms with Crippen LogP contribution in [0.4, 0.5) is 17.1 Å². The van der Waals surface area contributed by atoms with E-state index in [1.165, 1.54) is 74.7 Å². The van der Waals surface area contributed by atoms with E-state index < -0.39 is 0 Å². The second-order valence-electron chi connectivity index (χ2n) is 12.9. The van der Waals surface area contributed by atoms with Gasteiger partial charge in [-0.1, -0.05) is 127 Å². The molecule has 0 radical (unpaired) electrons. The number of nitrogens with zero attached hydrogens (tertiary/aromatic N) is 1. The van der Waals surface area contributed by atoms with Crippen LogP contribution in [0.3, 0.4) is 0 Å². The Kier molecular flexibility index (Phi) is 6.75. The van der Waals surface area contributed by atoms with E-state index in [-0.39, 0.29) is 0 Å². The summed E-state index contributed by atoms with van der Waals surface area (Å²) in [7, 11) is 0. The van der Waals surface area contributed by atoms with Gasteiger partial charge in [0.05, 0.1) is 0 Å². The fraction of sp³-hybridized carbons (Fsp3) is 0. The summed E-state index contributed by atoms with van der Waals surface area (Å²) in [5.74, 6) is 0. The van der Waals surface area contributed by atoms with Gasteiger partial charge < -0.3 is 4.90 Å². The first-order valence-corrected chi connectivity index (χ1v) is 17.9. The van der Waals surface area contributed by atoms with Gasteiger partial charge in [0.25, 0.3) is 0 Å². The maximum absolute atomic E-state index is 2.41. The van der Waals surface area contributed by atoms with Gasteiger partial charge in [-0.05, 0) is 115 Å². The van der Waals surface area contributed by atoms with E-state index in [9.17, 15) is 0 Å². The Morgan fingerprint density at radius 3 is 1.38 bits per heavy atom. The SMILES string of the molecule is c1ccc(N(c2ccccc2)c2ccc3cc(-c4c5ccccc5c(-c5ccc6sc7ccccc7c6c5)c5ccccc45)ccc3c2)cc1. The fourth-order valence-electron chi connectivity index (χ4n) is 7.76. The van der Waals surface area contributed by atoms with Gasteiger partial charge in [-0.3, -0.25) is 0 Å². The van der Waals surface area contributed by atoms with Crippen molar-refractivity contribution in [3.63, 3.8) is 0 Å². The van der Waals surface area contributed by atoms with E-state index in [0.29, 0.717) is 0 Å². The number of thiophene rings is 1. The number of benzene rings is 9. The normalized spacial score (nSPS) is 11.6. The first kappa shape index (κ1) is 28.8. The van der Waals surface area contributed by atoms with Crippen molar-refractivity contribution >= 4 is 80.9 Å². The smallest absolute Gasteiger partial charge is 0.0468 e. The average molecular weight is 654 g/mol. The predicted octanol–water partition coefficient (Wildman–Crippen LogP) is 14.3. The molecule has 0 unspecified atom stereocenters. The molecule has 234 valence electrons. The molecule has 1 nitrogen and oxygen atoms in total. The van der Waals surface area contributed by atoms with Gasteiger partial charge in [-0.25, -0.2) is 0 Å². The monoisotopic (exact) mass is 653 g/mol. The molecule has 1 heterocycles. The van der Waals surface area contributed by atoms with Crippen LogP contribution >= 0.6 is 11.3 Å². The Balaban J connectivity index is 1.15. The van der Waals surface area contributed by atoms with E-state index >= 15 is 0 Å². The Bertz CT molecular complexity index is 2770. The highest BCUT2D eigenvalue weighted by atomic mass is 32.1. The number of anilines is 3. The van der Waals surface area contributed by atoms with Crippen LogP contribution in [-0.4, -0.2) is 0 Å². The lowest BCUT2D eigenvalue weighted by atomic mass is 9.85. The van der Waals surface area contributed by atoms with Crippen molar-refractivity contribution in [2.45, 2.75) is 0 Å². The summed E-state index contributed by atoms with van der Waals surface area (Å²) in [6.45, 7) is 0.